The lowest BCUT2D eigenvalue weighted by Gasteiger charge is -2.09. The zero-order valence-corrected chi connectivity index (χ0v) is 14.8. The van der Waals surface area contributed by atoms with E-state index in [-0.39, 0.29) is 5.69 Å². The summed E-state index contributed by atoms with van der Waals surface area (Å²) < 4.78 is 3.41. The van der Waals surface area contributed by atoms with Crippen molar-refractivity contribution in [2.45, 2.75) is 26.9 Å². The SMILES string of the molecule is CCn1c(=O)n(CC)c2cc(NC(=O)Nc3ccccc3Cl)ccc21. The van der Waals surface area contributed by atoms with E-state index in [1.54, 1.807) is 45.5 Å². The number of anilines is 2. The number of carbonyl (C=O) groups is 1. The van der Waals surface area contributed by atoms with Gasteiger partial charge in [0.15, 0.2) is 0 Å². The maximum Gasteiger partial charge on any atom is 0.329 e. The minimum atomic E-state index is -0.396. The van der Waals surface area contributed by atoms with Crippen LogP contribution in [0.3, 0.4) is 0 Å². The maximum atomic E-state index is 12.4. The molecule has 0 radical (unpaired) electrons. The van der Waals surface area contributed by atoms with Gasteiger partial charge < -0.3 is 10.6 Å². The third kappa shape index (κ3) is 3.25. The molecule has 0 spiro atoms. The van der Waals surface area contributed by atoms with Crippen LogP contribution in [0.2, 0.25) is 5.02 Å². The number of amides is 2. The van der Waals surface area contributed by atoms with E-state index in [0.29, 0.717) is 29.5 Å². The fourth-order valence-electron chi connectivity index (χ4n) is 2.86. The van der Waals surface area contributed by atoms with Gasteiger partial charge in [-0.2, -0.15) is 0 Å². The van der Waals surface area contributed by atoms with Crippen molar-refractivity contribution in [3.63, 3.8) is 0 Å². The molecule has 0 aliphatic rings. The zero-order chi connectivity index (χ0) is 18.0. The van der Waals surface area contributed by atoms with Crippen molar-refractivity contribution in [1.29, 1.82) is 0 Å². The topological polar surface area (TPSA) is 68.1 Å². The molecule has 25 heavy (non-hydrogen) atoms. The molecular weight excluding hydrogens is 340 g/mol. The van der Waals surface area contributed by atoms with Gasteiger partial charge in [0, 0.05) is 18.8 Å². The van der Waals surface area contributed by atoms with E-state index in [1.807, 2.05) is 19.9 Å². The van der Waals surface area contributed by atoms with Gasteiger partial charge in [-0.15, -0.1) is 0 Å². The van der Waals surface area contributed by atoms with Crippen molar-refractivity contribution in [2.75, 3.05) is 10.6 Å². The summed E-state index contributed by atoms with van der Waals surface area (Å²) in [6.07, 6.45) is 0. The van der Waals surface area contributed by atoms with E-state index in [0.717, 1.165) is 11.0 Å². The van der Waals surface area contributed by atoms with Gasteiger partial charge in [-0.25, -0.2) is 9.59 Å². The highest BCUT2D eigenvalue weighted by atomic mass is 35.5. The number of hydrogen-bond donors (Lipinski definition) is 2. The lowest BCUT2D eigenvalue weighted by molar-refractivity contribution is 0.262. The third-order valence-electron chi connectivity index (χ3n) is 4.03. The molecule has 2 N–H and O–H groups in total. The summed E-state index contributed by atoms with van der Waals surface area (Å²) in [4.78, 5) is 24.6. The number of aryl methyl sites for hydroxylation is 2. The van der Waals surface area contributed by atoms with Gasteiger partial charge in [-0.3, -0.25) is 9.13 Å². The molecular formula is C18H19ClN4O2. The van der Waals surface area contributed by atoms with Gasteiger partial charge in [0.2, 0.25) is 0 Å². The first-order valence-corrected chi connectivity index (χ1v) is 8.48. The normalized spacial score (nSPS) is 10.8. The summed E-state index contributed by atoms with van der Waals surface area (Å²) >= 11 is 6.04. The van der Waals surface area contributed by atoms with E-state index >= 15 is 0 Å². The summed E-state index contributed by atoms with van der Waals surface area (Å²) in [7, 11) is 0. The second-order valence-corrected chi connectivity index (χ2v) is 5.94. The molecule has 0 unspecified atom stereocenters. The Balaban J connectivity index is 1.88. The maximum absolute atomic E-state index is 12.4. The van der Waals surface area contributed by atoms with Crippen molar-refractivity contribution >= 4 is 40.0 Å². The van der Waals surface area contributed by atoms with Crippen LogP contribution in [-0.2, 0) is 13.1 Å². The van der Waals surface area contributed by atoms with Crippen LogP contribution in [-0.4, -0.2) is 15.2 Å². The van der Waals surface area contributed by atoms with Crippen molar-refractivity contribution in [3.8, 4) is 0 Å². The molecule has 3 aromatic rings. The number of aromatic nitrogens is 2. The van der Waals surface area contributed by atoms with Crippen LogP contribution in [0.1, 0.15) is 13.8 Å². The molecule has 0 aliphatic carbocycles. The van der Waals surface area contributed by atoms with Gasteiger partial charge in [0.25, 0.3) is 0 Å². The fourth-order valence-corrected chi connectivity index (χ4v) is 3.04. The summed E-state index contributed by atoms with van der Waals surface area (Å²) in [5.74, 6) is 0. The van der Waals surface area contributed by atoms with E-state index in [9.17, 15) is 9.59 Å². The van der Waals surface area contributed by atoms with E-state index in [2.05, 4.69) is 10.6 Å². The molecule has 0 bridgehead atoms. The minimum Gasteiger partial charge on any atom is -0.308 e. The minimum absolute atomic E-state index is 0.0438. The zero-order valence-electron chi connectivity index (χ0n) is 14.0. The third-order valence-corrected chi connectivity index (χ3v) is 4.36. The Hall–Kier alpha value is -2.73. The predicted molar refractivity (Wildman–Crippen MR) is 102 cm³/mol. The number of imidazole rings is 1. The lowest BCUT2D eigenvalue weighted by atomic mass is 10.2. The Bertz CT molecular complexity index is 990. The van der Waals surface area contributed by atoms with Gasteiger partial charge >= 0.3 is 11.7 Å². The highest BCUT2D eigenvalue weighted by molar-refractivity contribution is 6.33. The molecule has 130 valence electrons. The van der Waals surface area contributed by atoms with Crippen LogP contribution >= 0.6 is 11.6 Å². The van der Waals surface area contributed by atoms with Crippen molar-refractivity contribution < 1.29 is 4.79 Å². The second-order valence-electron chi connectivity index (χ2n) is 5.53. The lowest BCUT2D eigenvalue weighted by Crippen LogP contribution is -2.23. The number of rotatable bonds is 4. The number of nitrogens with one attached hydrogen (secondary N) is 2. The quantitative estimate of drug-likeness (QED) is 0.736. The number of halogens is 1. The molecule has 2 amide bonds. The van der Waals surface area contributed by atoms with Gasteiger partial charge in [0.1, 0.15) is 0 Å². The number of para-hydroxylation sites is 1. The van der Waals surface area contributed by atoms with Gasteiger partial charge in [0.05, 0.1) is 21.7 Å². The summed E-state index contributed by atoms with van der Waals surface area (Å²) in [6.45, 7) is 5.02. The molecule has 3 rings (SSSR count). The summed E-state index contributed by atoms with van der Waals surface area (Å²) in [5.41, 5.74) is 2.74. The van der Waals surface area contributed by atoms with Gasteiger partial charge in [-0.1, -0.05) is 23.7 Å². The largest absolute Gasteiger partial charge is 0.329 e. The van der Waals surface area contributed by atoms with E-state index in [1.165, 1.54) is 0 Å². The number of carbonyl (C=O) groups excluding carboxylic acids is 1. The van der Waals surface area contributed by atoms with Crippen LogP contribution in [0.4, 0.5) is 16.2 Å². The standard InChI is InChI=1S/C18H19ClN4O2/c1-3-22-15-10-9-12(11-16(15)23(4-2)18(22)25)20-17(24)21-14-8-6-5-7-13(14)19/h5-11H,3-4H2,1-2H3,(H2,20,21,24). The molecule has 0 atom stereocenters. The first-order valence-electron chi connectivity index (χ1n) is 8.10. The van der Waals surface area contributed by atoms with Crippen molar-refractivity contribution in [3.05, 3.63) is 58.0 Å². The Morgan fingerprint density at radius 1 is 1.00 bits per heavy atom. The van der Waals surface area contributed by atoms with E-state index in [4.69, 9.17) is 11.6 Å². The summed E-state index contributed by atoms with van der Waals surface area (Å²) in [5, 5.41) is 5.95. The second kappa shape index (κ2) is 7.03. The number of urea groups is 1. The molecule has 2 aromatic carbocycles. The number of fused-ring (bicyclic) bond motifs is 1. The van der Waals surface area contributed by atoms with Crippen LogP contribution < -0.4 is 16.3 Å². The molecule has 0 saturated heterocycles. The van der Waals surface area contributed by atoms with Crippen molar-refractivity contribution in [2.24, 2.45) is 0 Å². The molecule has 6 nitrogen and oxygen atoms in total. The van der Waals surface area contributed by atoms with Crippen LogP contribution in [0.25, 0.3) is 11.0 Å². The monoisotopic (exact) mass is 358 g/mol. The Kier molecular flexibility index (Phi) is 4.81. The number of nitrogens with zero attached hydrogens (tertiary/aromatic N) is 2. The molecule has 1 heterocycles. The van der Waals surface area contributed by atoms with Crippen LogP contribution in [0.15, 0.2) is 47.3 Å². The Labute approximate surface area is 150 Å². The molecule has 0 saturated carbocycles. The average molecular weight is 359 g/mol. The molecule has 7 heteroatoms. The molecule has 1 aromatic heterocycles. The molecule has 0 fully saturated rings. The predicted octanol–water partition coefficient (Wildman–Crippen LogP) is 4.14. The number of hydrogen-bond acceptors (Lipinski definition) is 2. The average Bonchev–Trinajstić information content (AvgIpc) is 2.86. The summed E-state index contributed by atoms with van der Waals surface area (Å²) in [6, 6.07) is 12.0. The number of benzene rings is 2. The molecule has 0 aliphatic heterocycles. The van der Waals surface area contributed by atoms with Crippen molar-refractivity contribution in [1.82, 2.24) is 9.13 Å². The van der Waals surface area contributed by atoms with Gasteiger partial charge in [-0.05, 0) is 44.2 Å². The highest BCUT2D eigenvalue weighted by Crippen LogP contribution is 2.22. The first-order chi connectivity index (χ1) is 12.0. The van der Waals surface area contributed by atoms with Crippen LogP contribution in [0, 0.1) is 0 Å². The smallest absolute Gasteiger partial charge is 0.308 e. The Morgan fingerprint density at radius 3 is 2.36 bits per heavy atom. The fraction of sp³-hybridized carbons (Fsp3) is 0.222. The first kappa shape index (κ1) is 17.1. The van der Waals surface area contributed by atoms with E-state index < -0.39 is 6.03 Å². The van der Waals surface area contributed by atoms with Crippen LogP contribution in [0.5, 0.6) is 0 Å². The highest BCUT2D eigenvalue weighted by Gasteiger charge is 2.12. The Morgan fingerprint density at radius 2 is 1.68 bits per heavy atom.